The van der Waals surface area contributed by atoms with E-state index in [9.17, 15) is 15.0 Å². The van der Waals surface area contributed by atoms with Gasteiger partial charge < -0.3 is 15.1 Å². The predicted molar refractivity (Wildman–Crippen MR) is 62.3 cm³/mol. The summed E-state index contributed by atoms with van der Waals surface area (Å²) in [5.74, 6) is -0.658. The Balaban J connectivity index is 2.50. The fraction of sp³-hybridized carbons (Fsp3) is 0.917. The maximum absolute atomic E-state index is 11.3. The zero-order valence-electron chi connectivity index (χ0n) is 10.3. The van der Waals surface area contributed by atoms with Crippen molar-refractivity contribution in [2.75, 3.05) is 19.6 Å². The van der Waals surface area contributed by atoms with E-state index in [1.807, 2.05) is 6.92 Å². The van der Waals surface area contributed by atoms with Gasteiger partial charge in [-0.3, -0.25) is 4.79 Å². The summed E-state index contributed by atoms with van der Waals surface area (Å²) in [6, 6.07) is 0. The Hall–Kier alpha value is -0.610. The highest BCUT2D eigenvalue weighted by Gasteiger charge is 2.43. The van der Waals surface area contributed by atoms with Gasteiger partial charge >= 0.3 is 5.97 Å². The third-order valence-corrected chi connectivity index (χ3v) is 3.48. The Labute approximate surface area is 97.3 Å². The van der Waals surface area contributed by atoms with Gasteiger partial charge in [0.25, 0.3) is 0 Å². The van der Waals surface area contributed by atoms with Gasteiger partial charge in [-0.2, -0.15) is 0 Å². The maximum Gasteiger partial charge on any atom is 0.310 e. The molecule has 1 rings (SSSR count). The van der Waals surface area contributed by atoms with E-state index in [2.05, 4.69) is 4.90 Å². The Morgan fingerprint density at radius 2 is 2.25 bits per heavy atom. The van der Waals surface area contributed by atoms with E-state index >= 15 is 0 Å². The van der Waals surface area contributed by atoms with Gasteiger partial charge in [-0.25, -0.2) is 0 Å². The number of aliphatic hydroxyl groups is 1. The highest BCUT2D eigenvalue weighted by molar-refractivity contribution is 5.75. The Morgan fingerprint density at radius 3 is 2.75 bits per heavy atom. The predicted octanol–water partition coefficient (Wildman–Crippen LogP) is 1.33. The summed E-state index contributed by atoms with van der Waals surface area (Å²) in [6.45, 7) is 6.09. The number of nitrogens with zero attached hydrogens (tertiary/aromatic N) is 1. The van der Waals surface area contributed by atoms with Crippen molar-refractivity contribution in [1.29, 1.82) is 0 Å². The first-order valence-electron chi connectivity index (χ1n) is 6.14. The molecular weight excluding hydrogens is 206 g/mol. The van der Waals surface area contributed by atoms with E-state index in [-0.39, 0.29) is 6.10 Å². The van der Waals surface area contributed by atoms with Gasteiger partial charge in [0.2, 0.25) is 0 Å². The molecule has 94 valence electrons. The summed E-state index contributed by atoms with van der Waals surface area (Å²) in [6.07, 6.45) is 2.84. The molecule has 0 aliphatic carbocycles. The van der Waals surface area contributed by atoms with Gasteiger partial charge in [-0.1, -0.05) is 13.3 Å². The minimum Gasteiger partial charge on any atom is -0.481 e. The summed E-state index contributed by atoms with van der Waals surface area (Å²) >= 11 is 0. The molecule has 1 aliphatic heterocycles. The lowest BCUT2D eigenvalue weighted by atomic mass is 9.83. The fourth-order valence-electron chi connectivity index (χ4n) is 2.48. The number of carboxylic acid groups (broad SMARTS) is 1. The van der Waals surface area contributed by atoms with Crippen LogP contribution in [0.3, 0.4) is 0 Å². The lowest BCUT2D eigenvalue weighted by molar-refractivity contribution is -0.148. The average molecular weight is 229 g/mol. The summed E-state index contributed by atoms with van der Waals surface area (Å²) in [5, 5.41) is 18.5. The molecule has 1 fully saturated rings. The van der Waals surface area contributed by atoms with Crippen LogP contribution in [0.5, 0.6) is 0 Å². The van der Waals surface area contributed by atoms with Gasteiger partial charge in [0, 0.05) is 13.1 Å². The van der Waals surface area contributed by atoms with E-state index < -0.39 is 11.4 Å². The number of likely N-dealkylation sites (tertiary alicyclic amines) is 1. The van der Waals surface area contributed by atoms with Crippen LogP contribution in [-0.2, 0) is 4.79 Å². The van der Waals surface area contributed by atoms with Gasteiger partial charge in [-0.15, -0.1) is 0 Å². The molecule has 0 spiro atoms. The van der Waals surface area contributed by atoms with Crippen LogP contribution in [0.1, 0.15) is 39.5 Å². The number of aliphatic hydroxyl groups excluding tert-OH is 1. The third kappa shape index (κ3) is 3.19. The van der Waals surface area contributed by atoms with Crippen LogP contribution in [0.25, 0.3) is 0 Å². The summed E-state index contributed by atoms with van der Waals surface area (Å²) in [7, 11) is 0. The second kappa shape index (κ2) is 5.64. The van der Waals surface area contributed by atoms with Crippen LogP contribution in [0.2, 0.25) is 0 Å². The van der Waals surface area contributed by atoms with E-state index in [4.69, 9.17) is 0 Å². The quantitative estimate of drug-likeness (QED) is 0.721. The molecule has 1 saturated heterocycles. The molecule has 0 amide bonds. The summed E-state index contributed by atoms with van der Waals surface area (Å²) in [5.41, 5.74) is -0.534. The van der Waals surface area contributed by atoms with Gasteiger partial charge in [0.05, 0.1) is 11.5 Å². The fourth-order valence-corrected chi connectivity index (χ4v) is 2.48. The van der Waals surface area contributed by atoms with Crippen molar-refractivity contribution in [2.24, 2.45) is 5.41 Å². The van der Waals surface area contributed by atoms with E-state index in [0.717, 1.165) is 38.8 Å². The number of hydrogen-bond acceptors (Lipinski definition) is 3. The zero-order valence-corrected chi connectivity index (χ0v) is 10.3. The van der Waals surface area contributed by atoms with Crippen molar-refractivity contribution in [1.82, 2.24) is 4.90 Å². The van der Waals surface area contributed by atoms with Crippen molar-refractivity contribution >= 4 is 5.97 Å². The van der Waals surface area contributed by atoms with Crippen LogP contribution in [0.4, 0.5) is 0 Å². The molecule has 2 atom stereocenters. The van der Waals surface area contributed by atoms with E-state index in [1.165, 1.54) is 0 Å². The molecule has 2 unspecified atom stereocenters. The molecule has 0 aromatic rings. The van der Waals surface area contributed by atoms with Crippen molar-refractivity contribution in [3.63, 3.8) is 0 Å². The molecular formula is C12H23NO3. The van der Waals surface area contributed by atoms with Crippen molar-refractivity contribution in [3.8, 4) is 0 Å². The molecule has 0 radical (unpaired) electrons. The average Bonchev–Trinajstić information content (AvgIpc) is 2.60. The zero-order chi connectivity index (χ0) is 12.2. The first-order valence-corrected chi connectivity index (χ1v) is 6.14. The SMILES string of the molecule is CCCC1(C(=O)O)CCN(CCC(C)O)C1. The number of rotatable bonds is 6. The molecule has 1 aliphatic rings. The highest BCUT2D eigenvalue weighted by Crippen LogP contribution is 2.35. The smallest absolute Gasteiger partial charge is 0.310 e. The molecule has 1 heterocycles. The molecule has 4 heteroatoms. The first kappa shape index (κ1) is 13.5. The second-order valence-corrected chi connectivity index (χ2v) is 5.00. The van der Waals surface area contributed by atoms with Gasteiger partial charge in [-0.05, 0) is 32.7 Å². The number of carbonyl (C=O) groups is 1. The van der Waals surface area contributed by atoms with Crippen molar-refractivity contribution < 1.29 is 15.0 Å². The summed E-state index contributed by atoms with van der Waals surface area (Å²) < 4.78 is 0. The topological polar surface area (TPSA) is 60.8 Å². The lowest BCUT2D eigenvalue weighted by Crippen LogP contribution is -2.35. The molecule has 16 heavy (non-hydrogen) atoms. The van der Waals surface area contributed by atoms with Crippen LogP contribution in [0.15, 0.2) is 0 Å². The molecule has 0 saturated carbocycles. The summed E-state index contributed by atoms with van der Waals surface area (Å²) in [4.78, 5) is 13.5. The molecule has 0 bridgehead atoms. The number of aliphatic carboxylic acids is 1. The lowest BCUT2D eigenvalue weighted by Gasteiger charge is -2.24. The van der Waals surface area contributed by atoms with Crippen molar-refractivity contribution in [3.05, 3.63) is 0 Å². The number of carboxylic acids is 1. The minimum absolute atomic E-state index is 0.300. The third-order valence-electron chi connectivity index (χ3n) is 3.48. The first-order chi connectivity index (χ1) is 7.50. The Morgan fingerprint density at radius 1 is 1.56 bits per heavy atom. The van der Waals surface area contributed by atoms with Crippen molar-refractivity contribution in [2.45, 2.75) is 45.6 Å². The van der Waals surface area contributed by atoms with Gasteiger partial charge in [0.1, 0.15) is 0 Å². The van der Waals surface area contributed by atoms with Crippen LogP contribution in [0, 0.1) is 5.41 Å². The maximum atomic E-state index is 11.3. The van der Waals surface area contributed by atoms with Crippen LogP contribution < -0.4 is 0 Å². The standard InChI is InChI=1S/C12H23NO3/c1-3-5-12(11(15)16)6-8-13(9-12)7-4-10(2)14/h10,14H,3-9H2,1-2H3,(H,15,16). The largest absolute Gasteiger partial charge is 0.481 e. The number of hydrogen-bond donors (Lipinski definition) is 2. The van der Waals surface area contributed by atoms with E-state index in [1.54, 1.807) is 6.92 Å². The minimum atomic E-state index is -0.658. The highest BCUT2D eigenvalue weighted by atomic mass is 16.4. The van der Waals surface area contributed by atoms with Gasteiger partial charge in [0.15, 0.2) is 0 Å². The van der Waals surface area contributed by atoms with E-state index in [0.29, 0.717) is 6.54 Å². The molecule has 0 aromatic heterocycles. The monoisotopic (exact) mass is 229 g/mol. The normalized spacial score (nSPS) is 28.2. The Kier molecular flexibility index (Phi) is 4.74. The van der Waals surface area contributed by atoms with Crippen LogP contribution in [-0.4, -0.2) is 46.8 Å². The molecule has 0 aromatic carbocycles. The van der Waals surface area contributed by atoms with Crippen LogP contribution >= 0.6 is 0 Å². The molecule has 4 nitrogen and oxygen atoms in total. The Bertz CT molecular complexity index is 242. The second-order valence-electron chi connectivity index (χ2n) is 5.00. The molecule has 2 N–H and O–H groups in total.